The number of ether oxygens (including phenoxy) is 3. The summed E-state index contributed by atoms with van der Waals surface area (Å²) in [5.41, 5.74) is 1.14. The van der Waals surface area contributed by atoms with Crippen LogP contribution in [0.4, 0.5) is 4.79 Å². The number of rotatable bonds is 7. The molecule has 6 heteroatoms. The number of carbonyl (C=O) groups is 1. The summed E-state index contributed by atoms with van der Waals surface area (Å²) in [6.45, 7) is 2.48. The molecule has 0 saturated carbocycles. The summed E-state index contributed by atoms with van der Waals surface area (Å²) in [6, 6.07) is 5.64. The summed E-state index contributed by atoms with van der Waals surface area (Å²) < 4.78 is 15.1. The average Bonchev–Trinajstić information content (AvgIpc) is 3.19. The van der Waals surface area contributed by atoms with Crippen LogP contribution in [-0.4, -0.2) is 25.2 Å². The van der Waals surface area contributed by atoms with Crippen LogP contribution in [0.1, 0.15) is 31.7 Å². The third-order valence-electron chi connectivity index (χ3n) is 3.25. The van der Waals surface area contributed by atoms with E-state index in [0.717, 1.165) is 24.8 Å². The van der Waals surface area contributed by atoms with E-state index in [9.17, 15) is 4.79 Å². The zero-order valence-corrected chi connectivity index (χ0v) is 13.4. The smallest absolute Gasteiger partial charge is 0.435 e. The topological polar surface area (TPSA) is 48.1 Å². The zero-order chi connectivity index (χ0) is 15.3. The van der Waals surface area contributed by atoms with Gasteiger partial charge in [0.2, 0.25) is 5.79 Å². The maximum Gasteiger partial charge on any atom is 0.510 e. The number of epoxide rings is 1. The van der Waals surface area contributed by atoms with E-state index in [2.05, 4.69) is 0 Å². The van der Waals surface area contributed by atoms with Crippen molar-refractivity contribution in [2.24, 2.45) is 0 Å². The molecule has 0 aliphatic carbocycles. The van der Waals surface area contributed by atoms with Gasteiger partial charge in [0.05, 0.1) is 16.7 Å². The third kappa shape index (κ3) is 5.06. The second kappa shape index (κ2) is 7.34. The quantitative estimate of drug-likeness (QED) is 0.415. The SMILES string of the molecule is CCOC(=O)OC1(CCCCc2ccc(Cl)c(Cl)c2)CO1. The van der Waals surface area contributed by atoms with E-state index in [-0.39, 0.29) is 0 Å². The normalized spacial score (nSPS) is 20.1. The van der Waals surface area contributed by atoms with Crippen molar-refractivity contribution in [1.29, 1.82) is 0 Å². The monoisotopic (exact) mass is 332 g/mol. The summed E-state index contributed by atoms with van der Waals surface area (Å²) in [5.74, 6) is -0.760. The molecule has 0 radical (unpaired) electrons. The first-order valence-corrected chi connectivity index (χ1v) is 7.74. The molecule has 2 rings (SSSR count). The molecule has 4 nitrogen and oxygen atoms in total. The number of halogens is 2. The Kier molecular flexibility index (Phi) is 5.73. The minimum atomic E-state index is -0.760. The van der Waals surface area contributed by atoms with E-state index in [1.807, 2.05) is 12.1 Å². The molecular weight excluding hydrogens is 315 g/mol. The minimum absolute atomic E-state index is 0.298. The Morgan fingerprint density at radius 1 is 1.33 bits per heavy atom. The molecule has 0 spiro atoms. The number of unbranched alkanes of at least 4 members (excludes halogenated alkanes) is 1. The largest absolute Gasteiger partial charge is 0.510 e. The van der Waals surface area contributed by atoms with Crippen LogP contribution in [0.2, 0.25) is 10.0 Å². The summed E-state index contributed by atoms with van der Waals surface area (Å²) in [6.07, 6.45) is 2.74. The predicted octanol–water partition coefficient (Wildman–Crippen LogP) is 4.61. The van der Waals surface area contributed by atoms with Crippen LogP contribution in [0.15, 0.2) is 18.2 Å². The van der Waals surface area contributed by atoms with E-state index in [1.165, 1.54) is 0 Å². The van der Waals surface area contributed by atoms with Crippen molar-refractivity contribution in [3.63, 3.8) is 0 Å². The van der Waals surface area contributed by atoms with Crippen LogP contribution >= 0.6 is 23.2 Å². The molecule has 0 aromatic heterocycles. The van der Waals surface area contributed by atoms with Gasteiger partial charge in [-0.05, 0) is 43.9 Å². The van der Waals surface area contributed by atoms with Gasteiger partial charge in [-0.1, -0.05) is 29.3 Å². The Balaban J connectivity index is 1.69. The summed E-state index contributed by atoms with van der Waals surface area (Å²) in [5, 5.41) is 1.13. The van der Waals surface area contributed by atoms with Gasteiger partial charge in [-0.3, -0.25) is 0 Å². The fourth-order valence-corrected chi connectivity index (χ4v) is 2.37. The van der Waals surface area contributed by atoms with Crippen LogP contribution in [0.25, 0.3) is 0 Å². The first-order valence-electron chi connectivity index (χ1n) is 6.98. The van der Waals surface area contributed by atoms with Gasteiger partial charge in [0, 0.05) is 6.42 Å². The van der Waals surface area contributed by atoms with E-state index in [1.54, 1.807) is 13.0 Å². The highest BCUT2D eigenvalue weighted by Crippen LogP contribution is 2.34. The summed E-state index contributed by atoms with van der Waals surface area (Å²) in [4.78, 5) is 11.3. The first-order chi connectivity index (χ1) is 10.0. The van der Waals surface area contributed by atoms with Crippen molar-refractivity contribution < 1.29 is 19.0 Å². The van der Waals surface area contributed by atoms with Crippen LogP contribution in [-0.2, 0) is 20.6 Å². The molecule has 1 fully saturated rings. The Morgan fingerprint density at radius 3 is 2.71 bits per heavy atom. The maximum atomic E-state index is 11.3. The van der Waals surface area contributed by atoms with Crippen molar-refractivity contribution in [1.82, 2.24) is 0 Å². The van der Waals surface area contributed by atoms with E-state index in [4.69, 9.17) is 37.4 Å². The van der Waals surface area contributed by atoms with Crippen LogP contribution < -0.4 is 0 Å². The lowest BCUT2D eigenvalue weighted by molar-refractivity contribution is -0.0380. The summed E-state index contributed by atoms with van der Waals surface area (Å²) >= 11 is 11.8. The molecule has 1 aliphatic rings. The molecule has 116 valence electrons. The molecule has 1 aromatic carbocycles. The number of aryl methyl sites for hydroxylation is 1. The highest BCUT2D eigenvalue weighted by molar-refractivity contribution is 6.42. The molecule has 1 unspecified atom stereocenters. The predicted molar refractivity (Wildman–Crippen MR) is 80.8 cm³/mol. The zero-order valence-electron chi connectivity index (χ0n) is 11.9. The summed E-state index contributed by atoms with van der Waals surface area (Å²) in [7, 11) is 0. The minimum Gasteiger partial charge on any atom is -0.435 e. The van der Waals surface area contributed by atoms with E-state index >= 15 is 0 Å². The molecule has 0 bridgehead atoms. The van der Waals surface area contributed by atoms with Gasteiger partial charge in [-0.2, -0.15) is 0 Å². The van der Waals surface area contributed by atoms with E-state index < -0.39 is 11.9 Å². The fraction of sp³-hybridized carbons (Fsp3) is 0.533. The molecule has 1 aromatic rings. The van der Waals surface area contributed by atoms with Gasteiger partial charge in [0.25, 0.3) is 0 Å². The highest BCUT2D eigenvalue weighted by Gasteiger charge is 2.49. The molecule has 1 atom stereocenters. The van der Waals surface area contributed by atoms with E-state index in [0.29, 0.717) is 29.7 Å². The lowest BCUT2D eigenvalue weighted by atomic mass is 10.1. The molecule has 1 aliphatic heterocycles. The van der Waals surface area contributed by atoms with Gasteiger partial charge in [-0.15, -0.1) is 0 Å². The second-order valence-electron chi connectivity index (χ2n) is 4.94. The van der Waals surface area contributed by atoms with Crippen molar-refractivity contribution >= 4 is 29.4 Å². The standard InChI is InChI=1S/C15H18Cl2O4/c1-2-19-14(18)21-15(10-20-15)8-4-3-5-11-6-7-12(16)13(17)9-11/h6-7,9H,2-5,8,10H2,1H3. The fourth-order valence-electron chi connectivity index (χ4n) is 2.05. The lowest BCUT2D eigenvalue weighted by Crippen LogP contribution is -2.22. The molecular formula is C15H18Cl2O4. The van der Waals surface area contributed by atoms with Crippen molar-refractivity contribution in [2.45, 2.75) is 38.4 Å². The number of carbonyl (C=O) groups excluding carboxylic acids is 1. The highest BCUT2D eigenvalue weighted by atomic mass is 35.5. The maximum absolute atomic E-state index is 11.3. The van der Waals surface area contributed by atoms with Crippen LogP contribution in [0.3, 0.4) is 0 Å². The van der Waals surface area contributed by atoms with Gasteiger partial charge >= 0.3 is 6.16 Å². The molecule has 0 N–H and O–H groups in total. The Bertz CT molecular complexity index is 500. The van der Waals surface area contributed by atoms with Crippen molar-refractivity contribution in [3.05, 3.63) is 33.8 Å². The van der Waals surface area contributed by atoms with Crippen LogP contribution in [0, 0.1) is 0 Å². The van der Waals surface area contributed by atoms with Gasteiger partial charge in [0.15, 0.2) is 0 Å². The third-order valence-corrected chi connectivity index (χ3v) is 3.99. The Hall–Kier alpha value is -0.970. The second-order valence-corrected chi connectivity index (χ2v) is 5.75. The molecule has 21 heavy (non-hydrogen) atoms. The number of benzene rings is 1. The Morgan fingerprint density at radius 2 is 2.10 bits per heavy atom. The number of hydrogen-bond donors (Lipinski definition) is 0. The van der Waals surface area contributed by atoms with Crippen molar-refractivity contribution in [3.8, 4) is 0 Å². The van der Waals surface area contributed by atoms with Gasteiger partial charge in [-0.25, -0.2) is 4.79 Å². The lowest BCUT2D eigenvalue weighted by Gasteiger charge is -2.12. The Labute approximate surface area is 134 Å². The van der Waals surface area contributed by atoms with Gasteiger partial charge < -0.3 is 14.2 Å². The molecule has 1 heterocycles. The molecule has 1 saturated heterocycles. The van der Waals surface area contributed by atoms with Crippen LogP contribution in [0.5, 0.6) is 0 Å². The van der Waals surface area contributed by atoms with Gasteiger partial charge in [0.1, 0.15) is 6.61 Å². The first kappa shape index (κ1) is 16.4. The number of hydrogen-bond acceptors (Lipinski definition) is 4. The van der Waals surface area contributed by atoms with Crippen molar-refractivity contribution in [2.75, 3.05) is 13.2 Å². The molecule has 0 amide bonds. The average molecular weight is 333 g/mol.